The summed E-state index contributed by atoms with van der Waals surface area (Å²) >= 11 is 0. The maximum atomic E-state index is 12.6. The number of methoxy groups -OCH3 is 1. The van der Waals surface area contributed by atoms with E-state index in [4.69, 9.17) is 10.5 Å². The lowest BCUT2D eigenvalue weighted by Crippen LogP contribution is -2.32. The molecular formula is C12H18ClN3O5S. The van der Waals surface area contributed by atoms with Crippen molar-refractivity contribution >= 4 is 28.1 Å². The van der Waals surface area contributed by atoms with Crippen molar-refractivity contribution in [3.05, 3.63) is 28.3 Å². The summed E-state index contributed by atoms with van der Waals surface area (Å²) in [5.41, 5.74) is 5.33. The summed E-state index contributed by atoms with van der Waals surface area (Å²) in [7, 11) is -2.59. The van der Waals surface area contributed by atoms with E-state index < -0.39 is 20.6 Å². The van der Waals surface area contributed by atoms with Crippen molar-refractivity contribution in [1.82, 2.24) is 4.31 Å². The number of nitro groups is 1. The summed E-state index contributed by atoms with van der Waals surface area (Å²) in [6.45, 7) is 2.27. The monoisotopic (exact) mass is 351 g/mol. The highest BCUT2D eigenvalue weighted by molar-refractivity contribution is 7.89. The summed E-state index contributed by atoms with van der Waals surface area (Å²) in [5.74, 6) is 0.240. The Bertz CT molecular complexity index is 657. The van der Waals surface area contributed by atoms with Gasteiger partial charge in [0.05, 0.1) is 18.1 Å². The number of sulfonamides is 1. The largest absolute Gasteiger partial charge is 0.497 e. The predicted molar refractivity (Wildman–Crippen MR) is 82.8 cm³/mol. The molecule has 0 spiro atoms. The Hall–Kier alpha value is -1.42. The Morgan fingerprint density at radius 3 is 2.50 bits per heavy atom. The number of benzene rings is 1. The lowest BCUT2D eigenvalue weighted by Gasteiger charge is -2.16. The number of ether oxygens (including phenoxy) is 1. The van der Waals surface area contributed by atoms with E-state index >= 15 is 0 Å². The first-order valence-electron chi connectivity index (χ1n) is 6.35. The van der Waals surface area contributed by atoms with Gasteiger partial charge in [-0.05, 0) is 18.1 Å². The Kier molecular flexibility index (Phi) is 5.74. The predicted octanol–water partition coefficient (Wildman–Crippen LogP) is 0.993. The quantitative estimate of drug-likeness (QED) is 0.638. The molecule has 8 nitrogen and oxygen atoms in total. The molecular weight excluding hydrogens is 334 g/mol. The van der Waals surface area contributed by atoms with Gasteiger partial charge in [-0.2, -0.15) is 4.31 Å². The van der Waals surface area contributed by atoms with Crippen LogP contribution in [0.25, 0.3) is 0 Å². The summed E-state index contributed by atoms with van der Waals surface area (Å²) in [4.78, 5) is 10.1. The number of halogens is 1. The van der Waals surface area contributed by atoms with E-state index in [1.54, 1.807) is 0 Å². The first-order valence-corrected chi connectivity index (χ1v) is 7.79. The zero-order valence-electron chi connectivity index (χ0n) is 12.1. The molecule has 0 amide bonds. The van der Waals surface area contributed by atoms with Crippen molar-refractivity contribution in [3.8, 4) is 5.75 Å². The van der Waals surface area contributed by atoms with Gasteiger partial charge in [0, 0.05) is 19.1 Å². The highest BCUT2D eigenvalue weighted by Crippen LogP contribution is 2.32. The van der Waals surface area contributed by atoms with Crippen LogP contribution in [0.5, 0.6) is 5.75 Å². The van der Waals surface area contributed by atoms with Gasteiger partial charge in [-0.1, -0.05) is 6.92 Å². The summed E-state index contributed by atoms with van der Waals surface area (Å²) in [5, 5.41) is 11.1. The van der Waals surface area contributed by atoms with Crippen LogP contribution >= 0.6 is 12.4 Å². The standard InChI is InChI=1S/C12H17N3O5S.ClH/c1-8-6-14(7-10(8)13)21(18,19)12-4-3-9(20-2)5-11(12)15(16)17;/h3-5,8,10H,6-7,13H2,1-2H3;1H. The van der Waals surface area contributed by atoms with Gasteiger partial charge in [0.15, 0.2) is 4.90 Å². The van der Waals surface area contributed by atoms with Gasteiger partial charge >= 0.3 is 0 Å². The van der Waals surface area contributed by atoms with Crippen LogP contribution < -0.4 is 10.5 Å². The van der Waals surface area contributed by atoms with Crippen molar-refractivity contribution in [3.63, 3.8) is 0 Å². The molecule has 2 N–H and O–H groups in total. The number of nitro benzene ring substituents is 1. The normalized spacial score (nSPS) is 22.1. The highest BCUT2D eigenvalue weighted by Gasteiger charge is 2.38. The lowest BCUT2D eigenvalue weighted by molar-refractivity contribution is -0.387. The highest BCUT2D eigenvalue weighted by atomic mass is 35.5. The first kappa shape index (κ1) is 18.6. The maximum absolute atomic E-state index is 12.6. The number of nitrogens with two attached hydrogens (primary N) is 1. The molecule has 1 aromatic carbocycles. The van der Waals surface area contributed by atoms with Crippen molar-refractivity contribution in [1.29, 1.82) is 0 Å². The van der Waals surface area contributed by atoms with Crippen molar-refractivity contribution < 1.29 is 18.1 Å². The summed E-state index contributed by atoms with van der Waals surface area (Å²) < 4.78 is 31.2. The molecule has 1 heterocycles. The van der Waals surface area contributed by atoms with Crippen LogP contribution in [0.15, 0.2) is 23.1 Å². The zero-order valence-corrected chi connectivity index (χ0v) is 13.8. The van der Waals surface area contributed by atoms with Gasteiger partial charge in [-0.15, -0.1) is 12.4 Å². The van der Waals surface area contributed by atoms with Crippen molar-refractivity contribution in [2.24, 2.45) is 11.7 Å². The van der Waals surface area contributed by atoms with Crippen LogP contribution in [0.2, 0.25) is 0 Å². The van der Waals surface area contributed by atoms with E-state index in [1.807, 2.05) is 6.92 Å². The Morgan fingerprint density at radius 1 is 1.41 bits per heavy atom. The van der Waals surface area contributed by atoms with Gasteiger partial charge in [-0.25, -0.2) is 8.42 Å². The molecule has 0 aromatic heterocycles. The van der Waals surface area contributed by atoms with Crippen LogP contribution in [0.4, 0.5) is 5.69 Å². The second kappa shape index (κ2) is 6.78. The van der Waals surface area contributed by atoms with Gasteiger partial charge in [-0.3, -0.25) is 10.1 Å². The second-order valence-electron chi connectivity index (χ2n) is 5.05. The molecule has 0 aliphatic carbocycles. The third kappa shape index (κ3) is 3.32. The third-order valence-corrected chi connectivity index (χ3v) is 5.50. The minimum Gasteiger partial charge on any atom is -0.497 e. The van der Waals surface area contributed by atoms with Gasteiger partial charge < -0.3 is 10.5 Å². The first-order chi connectivity index (χ1) is 9.77. The van der Waals surface area contributed by atoms with E-state index in [9.17, 15) is 18.5 Å². The van der Waals surface area contributed by atoms with Crippen LogP contribution in [0.3, 0.4) is 0 Å². The number of nitrogens with zero attached hydrogens (tertiary/aromatic N) is 2. The van der Waals surface area contributed by atoms with Crippen LogP contribution in [0.1, 0.15) is 6.92 Å². The smallest absolute Gasteiger partial charge is 0.293 e. The fourth-order valence-corrected chi connectivity index (χ4v) is 3.98. The summed E-state index contributed by atoms with van der Waals surface area (Å²) in [6.07, 6.45) is 0. The molecule has 1 aliphatic heterocycles. The molecule has 2 atom stereocenters. The molecule has 22 heavy (non-hydrogen) atoms. The van der Waals surface area contributed by atoms with Crippen molar-refractivity contribution in [2.45, 2.75) is 17.9 Å². The SMILES string of the molecule is COc1ccc(S(=O)(=O)N2CC(C)C(N)C2)c([N+](=O)[O-])c1.Cl. The average Bonchev–Trinajstić information content (AvgIpc) is 2.78. The topological polar surface area (TPSA) is 116 Å². The molecule has 0 bridgehead atoms. The number of hydrogen-bond donors (Lipinski definition) is 1. The van der Waals surface area contributed by atoms with E-state index in [2.05, 4.69) is 0 Å². The van der Waals surface area contributed by atoms with Crippen LogP contribution in [0, 0.1) is 16.0 Å². The van der Waals surface area contributed by atoms with Gasteiger partial charge in [0.25, 0.3) is 5.69 Å². The Labute approximate surface area is 134 Å². The van der Waals surface area contributed by atoms with Gasteiger partial charge in [0.1, 0.15) is 5.75 Å². The molecule has 0 saturated carbocycles. The van der Waals surface area contributed by atoms with Crippen LogP contribution in [-0.4, -0.2) is 43.9 Å². The van der Waals surface area contributed by atoms with E-state index in [0.717, 1.165) is 6.07 Å². The number of hydrogen-bond acceptors (Lipinski definition) is 6. The molecule has 1 saturated heterocycles. The molecule has 1 aromatic rings. The molecule has 1 aliphatic rings. The summed E-state index contributed by atoms with van der Waals surface area (Å²) in [6, 6.07) is 3.42. The van der Waals surface area contributed by atoms with Gasteiger partial charge in [0.2, 0.25) is 10.0 Å². The fourth-order valence-electron chi connectivity index (χ4n) is 2.27. The zero-order chi connectivity index (χ0) is 15.8. The Morgan fingerprint density at radius 2 is 2.05 bits per heavy atom. The molecule has 124 valence electrons. The minimum atomic E-state index is -3.95. The van der Waals surface area contributed by atoms with Crippen LogP contribution in [-0.2, 0) is 10.0 Å². The molecule has 10 heteroatoms. The molecule has 1 fully saturated rings. The third-order valence-electron chi connectivity index (χ3n) is 3.62. The second-order valence-corrected chi connectivity index (χ2v) is 6.96. The van der Waals surface area contributed by atoms with E-state index in [-0.39, 0.29) is 48.1 Å². The van der Waals surface area contributed by atoms with E-state index in [1.165, 1.54) is 23.5 Å². The maximum Gasteiger partial charge on any atom is 0.293 e. The van der Waals surface area contributed by atoms with Crippen molar-refractivity contribution in [2.75, 3.05) is 20.2 Å². The number of rotatable bonds is 4. The average molecular weight is 352 g/mol. The molecule has 2 unspecified atom stereocenters. The fraction of sp³-hybridized carbons (Fsp3) is 0.500. The Balaban J connectivity index is 0.00000242. The molecule has 2 rings (SSSR count). The lowest BCUT2D eigenvalue weighted by atomic mass is 10.1. The minimum absolute atomic E-state index is 0. The van der Waals surface area contributed by atoms with E-state index in [0.29, 0.717) is 0 Å². The molecule has 0 radical (unpaired) electrons.